The fraction of sp³-hybridized carbons (Fsp3) is 0.833. The average molecular weight is 292 g/mol. The number of hydrogen-bond donors (Lipinski definition) is 0. The molecule has 0 aromatic carbocycles. The largest absolute Gasteiger partial charge is 0.467 e. The van der Waals surface area contributed by atoms with Crippen molar-refractivity contribution in [3.63, 3.8) is 0 Å². The van der Waals surface area contributed by atoms with Crippen LogP contribution in [-0.2, 0) is 38.0 Å². The lowest BCUT2D eigenvalue weighted by molar-refractivity contribution is -0.439. The van der Waals surface area contributed by atoms with E-state index in [0.717, 1.165) is 0 Å². The minimum Gasteiger partial charge on any atom is -0.467 e. The molecule has 1 rings (SSSR count). The van der Waals surface area contributed by atoms with E-state index >= 15 is 0 Å². The Hall–Kier alpha value is -1.22. The zero-order valence-corrected chi connectivity index (χ0v) is 12.4. The molecule has 0 saturated carbocycles. The van der Waals surface area contributed by atoms with Crippen LogP contribution in [0.25, 0.3) is 0 Å². The maximum Gasteiger partial charge on any atom is 0.338 e. The Balaban J connectivity index is 3.18. The molecule has 1 aliphatic heterocycles. The lowest BCUT2D eigenvalue weighted by atomic mass is 10.0. The first-order chi connectivity index (χ1) is 9.28. The molecule has 0 aliphatic carbocycles. The molecule has 0 radical (unpaired) electrons. The van der Waals surface area contributed by atoms with Gasteiger partial charge in [-0.15, -0.1) is 0 Å². The highest BCUT2D eigenvalue weighted by Crippen LogP contribution is 2.39. The molecular weight excluding hydrogens is 272 g/mol. The highest BCUT2D eigenvalue weighted by molar-refractivity contribution is 5.85. The van der Waals surface area contributed by atoms with Gasteiger partial charge in [-0.25, -0.2) is 9.59 Å². The van der Waals surface area contributed by atoms with Crippen molar-refractivity contribution in [2.24, 2.45) is 0 Å². The molecule has 1 heterocycles. The van der Waals surface area contributed by atoms with Gasteiger partial charge >= 0.3 is 11.9 Å². The summed E-state index contributed by atoms with van der Waals surface area (Å²) in [6.45, 7) is 3.06. The summed E-state index contributed by atoms with van der Waals surface area (Å²) < 4.78 is 30.8. The van der Waals surface area contributed by atoms with E-state index in [9.17, 15) is 9.59 Å². The van der Waals surface area contributed by atoms with Crippen LogP contribution in [0.15, 0.2) is 0 Å². The SMILES string of the molecule is COC(=O)[C@@H]1O[C@](C)(OC)[C@](C)(OC)O[C@H]1C(=O)OC. The van der Waals surface area contributed by atoms with E-state index < -0.39 is 35.7 Å². The summed E-state index contributed by atoms with van der Waals surface area (Å²) in [5.74, 6) is -4.38. The Morgan fingerprint density at radius 2 is 1.10 bits per heavy atom. The summed E-state index contributed by atoms with van der Waals surface area (Å²) in [6, 6.07) is 0. The zero-order valence-electron chi connectivity index (χ0n) is 12.4. The first kappa shape index (κ1) is 16.8. The number of ether oxygens (including phenoxy) is 6. The highest BCUT2D eigenvalue weighted by Gasteiger charge is 2.60. The van der Waals surface area contributed by atoms with Crippen LogP contribution in [0.4, 0.5) is 0 Å². The third-order valence-electron chi connectivity index (χ3n) is 3.45. The van der Waals surface area contributed by atoms with Gasteiger partial charge in [0.2, 0.25) is 11.6 Å². The highest BCUT2D eigenvalue weighted by atomic mass is 16.8. The molecule has 0 unspecified atom stereocenters. The van der Waals surface area contributed by atoms with Crippen LogP contribution in [0.3, 0.4) is 0 Å². The summed E-state index contributed by atoms with van der Waals surface area (Å²) in [6.07, 6.45) is -2.64. The van der Waals surface area contributed by atoms with Gasteiger partial charge in [-0.3, -0.25) is 0 Å². The minimum absolute atomic E-state index is 0.776. The van der Waals surface area contributed by atoms with Gasteiger partial charge in [0.25, 0.3) is 0 Å². The smallest absolute Gasteiger partial charge is 0.338 e. The lowest BCUT2D eigenvalue weighted by Crippen LogP contribution is -2.68. The summed E-state index contributed by atoms with van der Waals surface area (Å²) in [4.78, 5) is 23.5. The monoisotopic (exact) mass is 292 g/mol. The molecule has 1 saturated heterocycles. The first-order valence-electron chi connectivity index (χ1n) is 5.90. The molecule has 20 heavy (non-hydrogen) atoms. The molecule has 0 aromatic heterocycles. The third-order valence-corrected chi connectivity index (χ3v) is 3.45. The Morgan fingerprint density at radius 3 is 1.30 bits per heavy atom. The Labute approximate surface area is 117 Å². The van der Waals surface area contributed by atoms with Crippen molar-refractivity contribution in [2.45, 2.75) is 37.6 Å². The fourth-order valence-electron chi connectivity index (χ4n) is 1.86. The Morgan fingerprint density at radius 1 is 0.800 bits per heavy atom. The van der Waals surface area contributed by atoms with Crippen LogP contribution >= 0.6 is 0 Å². The molecule has 0 spiro atoms. The van der Waals surface area contributed by atoms with E-state index in [0.29, 0.717) is 0 Å². The molecule has 0 N–H and O–H groups in total. The van der Waals surface area contributed by atoms with Crippen LogP contribution in [0.5, 0.6) is 0 Å². The number of hydrogen-bond acceptors (Lipinski definition) is 8. The molecule has 1 fully saturated rings. The maximum absolute atomic E-state index is 11.8. The van der Waals surface area contributed by atoms with Crippen molar-refractivity contribution in [3.05, 3.63) is 0 Å². The van der Waals surface area contributed by atoms with Gasteiger partial charge < -0.3 is 28.4 Å². The molecule has 116 valence electrons. The zero-order chi connectivity index (χ0) is 15.6. The first-order valence-corrected chi connectivity index (χ1v) is 5.90. The quantitative estimate of drug-likeness (QED) is 0.660. The van der Waals surface area contributed by atoms with Crippen LogP contribution in [-0.4, -0.2) is 64.2 Å². The van der Waals surface area contributed by atoms with Gasteiger partial charge in [-0.05, 0) is 13.8 Å². The number of methoxy groups -OCH3 is 4. The van der Waals surface area contributed by atoms with E-state index in [1.807, 2.05) is 0 Å². The van der Waals surface area contributed by atoms with Gasteiger partial charge in [-0.1, -0.05) is 0 Å². The van der Waals surface area contributed by atoms with Crippen molar-refractivity contribution >= 4 is 11.9 Å². The molecule has 4 atom stereocenters. The van der Waals surface area contributed by atoms with E-state index in [1.54, 1.807) is 0 Å². The lowest BCUT2D eigenvalue weighted by Gasteiger charge is -2.50. The second-order valence-corrected chi connectivity index (χ2v) is 4.42. The normalized spacial score (nSPS) is 37.3. The topological polar surface area (TPSA) is 89.5 Å². The van der Waals surface area contributed by atoms with Gasteiger partial charge in [0.1, 0.15) is 0 Å². The number of esters is 2. The molecule has 0 bridgehead atoms. The number of carbonyl (C=O) groups excluding carboxylic acids is 2. The molecule has 0 amide bonds. The van der Waals surface area contributed by atoms with Gasteiger partial charge in [0, 0.05) is 14.2 Å². The van der Waals surface area contributed by atoms with E-state index in [2.05, 4.69) is 9.47 Å². The van der Waals surface area contributed by atoms with Crippen LogP contribution in [0, 0.1) is 0 Å². The molecule has 8 heteroatoms. The van der Waals surface area contributed by atoms with Crippen LogP contribution < -0.4 is 0 Å². The minimum atomic E-state index is -1.41. The van der Waals surface area contributed by atoms with Crippen LogP contribution in [0.2, 0.25) is 0 Å². The number of carbonyl (C=O) groups is 2. The second kappa shape index (κ2) is 6.04. The maximum atomic E-state index is 11.8. The number of rotatable bonds is 4. The summed E-state index contributed by atoms with van der Waals surface area (Å²) in [5, 5.41) is 0. The third kappa shape index (κ3) is 2.64. The predicted molar refractivity (Wildman–Crippen MR) is 64.6 cm³/mol. The Bertz CT molecular complexity index is 348. The van der Waals surface area contributed by atoms with Crippen molar-refractivity contribution in [1.82, 2.24) is 0 Å². The van der Waals surface area contributed by atoms with E-state index in [-0.39, 0.29) is 0 Å². The summed E-state index contributed by atoms with van der Waals surface area (Å²) in [7, 11) is 5.09. The van der Waals surface area contributed by atoms with Gasteiger partial charge in [-0.2, -0.15) is 0 Å². The summed E-state index contributed by atoms with van der Waals surface area (Å²) >= 11 is 0. The van der Waals surface area contributed by atoms with E-state index in [1.165, 1.54) is 42.3 Å². The van der Waals surface area contributed by atoms with Gasteiger partial charge in [0.15, 0.2) is 12.2 Å². The van der Waals surface area contributed by atoms with Crippen molar-refractivity contribution in [3.8, 4) is 0 Å². The summed E-state index contributed by atoms with van der Waals surface area (Å²) in [5.41, 5.74) is 0. The average Bonchev–Trinajstić information content (AvgIpc) is 2.47. The van der Waals surface area contributed by atoms with Gasteiger partial charge in [0.05, 0.1) is 14.2 Å². The predicted octanol–water partition coefficient (Wildman–Crippen LogP) is -0.158. The molecule has 1 aliphatic rings. The van der Waals surface area contributed by atoms with Crippen molar-refractivity contribution in [1.29, 1.82) is 0 Å². The molecule has 0 aromatic rings. The fourth-order valence-corrected chi connectivity index (χ4v) is 1.86. The van der Waals surface area contributed by atoms with Crippen LogP contribution in [0.1, 0.15) is 13.8 Å². The molecular formula is C12H20O8. The second-order valence-electron chi connectivity index (χ2n) is 4.42. The molecule has 8 nitrogen and oxygen atoms in total. The standard InChI is InChI=1S/C12H20O8/c1-11(17-5)12(2,18-6)20-8(10(14)16-4)7(19-11)9(13)15-3/h7-8H,1-6H3/t7-,8-,11-,12+/m1/s1. The Kier molecular flexibility index (Phi) is 5.09. The van der Waals surface area contributed by atoms with Crippen molar-refractivity contribution < 1.29 is 38.0 Å². The van der Waals surface area contributed by atoms with E-state index in [4.69, 9.17) is 18.9 Å². The van der Waals surface area contributed by atoms with Crippen molar-refractivity contribution in [2.75, 3.05) is 28.4 Å².